The Bertz CT molecular complexity index is 954. The fraction of sp³-hybridized carbons (Fsp3) is 0.381. The minimum Gasteiger partial charge on any atom is -0.477 e. The number of nitrogens with zero attached hydrogens (tertiary/aromatic N) is 2. The van der Waals surface area contributed by atoms with E-state index in [0.29, 0.717) is 10.8 Å². The van der Waals surface area contributed by atoms with Crippen LogP contribution in [0.1, 0.15) is 29.6 Å². The summed E-state index contributed by atoms with van der Waals surface area (Å²) in [6.45, 7) is 1.80. The average Bonchev–Trinajstić information content (AvgIpc) is 3.22. The second kappa shape index (κ2) is 8.74. The van der Waals surface area contributed by atoms with E-state index in [0.717, 1.165) is 38.0 Å². The summed E-state index contributed by atoms with van der Waals surface area (Å²) >= 11 is 1.24. The van der Waals surface area contributed by atoms with Crippen LogP contribution in [0.4, 0.5) is 10.7 Å². The largest absolute Gasteiger partial charge is 0.477 e. The van der Waals surface area contributed by atoms with Gasteiger partial charge in [-0.05, 0) is 42.8 Å². The van der Waals surface area contributed by atoms with Crippen molar-refractivity contribution in [1.29, 1.82) is 0 Å². The van der Waals surface area contributed by atoms with E-state index < -0.39 is 12.0 Å². The number of primary amides is 1. The molecule has 1 aromatic heterocycles. The number of anilines is 2. The topological polar surface area (TPSA) is 105 Å². The van der Waals surface area contributed by atoms with Crippen molar-refractivity contribution in [2.24, 2.45) is 5.73 Å². The molecular formula is C21H24N4O4S. The third kappa shape index (κ3) is 4.25. The monoisotopic (exact) mass is 428 g/mol. The number of fused-ring (bicyclic) bond motifs is 1. The van der Waals surface area contributed by atoms with Crippen molar-refractivity contribution in [2.75, 3.05) is 36.4 Å². The van der Waals surface area contributed by atoms with Gasteiger partial charge in [0.05, 0.1) is 24.3 Å². The molecule has 8 nitrogen and oxygen atoms in total. The van der Waals surface area contributed by atoms with Gasteiger partial charge in [-0.1, -0.05) is 12.1 Å². The fourth-order valence-corrected chi connectivity index (χ4v) is 4.65. The van der Waals surface area contributed by atoms with Gasteiger partial charge in [-0.3, -0.25) is 14.4 Å². The minimum absolute atomic E-state index is 0.0280. The maximum atomic E-state index is 13.0. The van der Waals surface area contributed by atoms with E-state index in [9.17, 15) is 14.4 Å². The second-order valence-corrected chi connectivity index (χ2v) is 8.33. The van der Waals surface area contributed by atoms with Crippen molar-refractivity contribution >= 4 is 39.7 Å². The summed E-state index contributed by atoms with van der Waals surface area (Å²) in [5, 5.41) is 4.89. The molecule has 2 aromatic rings. The van der Waals surface area contributed by atoms with Gasteiger partial charge in [-0.2, -0.15) is 0 Å². The molecule has 9 heteroatoms. The molecule has 0 bridgehead atoms. The minimum atomic E-state index is -0.659. The Hall–Kier alpha value is -3.07. The highest BCUT2D eigenvalue weighted by atomic mass is 32.1. The van der Waals surface area contributed by atoms with Crippen LogP contribution in [-0.4, -0.2) is 54.9 Å². The Morgan fingerprint density at radius 2 is 1.90 bits per heavy atom. The lowest BCUT2D eigenvalue weighted by Gasteiger charge is -2.38. The summed E-state index contributed by atoms with van der Waals surface area (Å²) in [4.78, 5) is 40.9. The Balaban J connectivity index is 1.49. The van der Waals surface area contributed by atoms with Gasteiger partial charge in [0.15, 0.2) is 6.10 Å². The summed E-state index contributed by atoms with van der Waals surface area (Å²) in [5.74, 6) is -0.332. The quantitative estimate of drug-likeness (QED) is 0.759. The van der Waals surface area contributed by atoms with Crippen molar-refractivity contribution in [3.8, 4) is 5.75 Å². The van der Waals surface area contributed by atoms with E-state index in [-0.39, 0.29) is 30.5 Å². The zero-order chi connectivity index (χ0) is 21.1. The summed E-state index contributed by atoms with van der Waals surface area (Å²) in [7, 11) is 0. The van der Waals surface area contributed by atoms with Crippen LogP contribution >= 0.6 is 11.3 Å². The molecule has 1 unspecified atom stereocenters. The number of hydrogen-bond acceptors (Lipinski definition) is 6. The van der Waals surface area contributed by atoms with Gasteiger partial charge in [0, 0.05) is 13.1 Å². The first-order valence-corrected chi connectivity index (χ1v) is 10.9. The van der Waals surface area contributed by atoms with Crippen LogP contribution in [0.2, 0.25) is 0 Å². The first-order chi connectivity index (χ1) is 14.5. The zero-order valence-corrected chi connectivity index (χ0v) is 17.3. The highest BCUT2D eigenvalue weighted by Gasteiger charge is 2.34. The molecule has 2 aliphatic rings. The third-order valence-corrected chi connectivity index (χ3v) is 6.15. The number of likely N-dealkylation sites (tertiary alicyclic amines) is 1. The number of nitrogens with two attached hydrogens (primary N) is 1. The SMILES string of the molecule is NC(=O)c1ccsc1NC(=O)CN1CC(C(=O)N2CCCCC2)Oc2ccccc21. The van der Waals surface area contributed by atoms with Crippen molar-refractivity contribution in [2.45, 2.75) is 25.4 Å². The molecule has 2 aliphatic heterocycles. The molecule has 3 amide bonds. The second-order valence-electron chi connectivity index (χ2n) is 7.42. The van der Waals surface area contributed by atoms with Gasteiger partial charge in [0.25, 0.3) is 11.8 Å². The smallest absolute Gasteiger partial charge is 0.265 e. The molecule has 0 spiro atoms. The average molecular weight is 429 g/mol. The molecule has 3 heterocycles. The number of para-hydroxylation sites is 2. The van der Waals surface area contributed by atoms with Crippen molar-refractivity contribution < 1.29 is 19.1 Å². The zero-order valence-electron chi connectivity index (χ0n) is 16.5. The Morgan fingerprint density at radius 1 is 1.13 bits per heavy atom. The first-order valence-electron chi connectivity index (χ1n) is 9.99. The van der Waals surface area contributed by atoms with Crippen LogP contribution in [0.5, 0.6) is 5.75 Å². The van der Waals surface area contributed by atoms with E-state index in [4.69, 9.17) is 10.5 Å². The molecule has 0 saturated carbocycles. The predicted molar refractivity (Wildman–Crippen MR) is 115 cm³/mol. The highest BCUT2D eigenvalue weighted by Crippen LogP contribution is 2.33. The number of hydrogen-bond donors (Lipinski definition) is 2. The van der Waals surface area contributed by atoms with Crippen LogP contribution in [0.3, 0.4) is 0 Å². The van der Waals surface area contributed by atoms with Crippen molar-refractivity contribution in [3.05, 3.63) is 41.3 Å². The first kappa shape index (κ1) is 20.2. The third-order valence-electron chi connectivity index (χ3n) is 5.32. The van der Waals surface area contributed by atoms with Gasteiger partial charge in [-0.15, -0.1) is 11.3 Å². The van der Waals surface area contributed by atoms with Gasteiger partial charge >= 0.3 is 0 Å². The molecule has 30 heavy (non-hydrogen) atoms. The van der Waals surface area contributed by atoms with Crippen LogP contribution < -0.4 is 20.7 Å². The molecule has 1 fully saturated rings. The normalized spacial score (nSPS) is 18.3. The Morgan fingerprint density at radius 3 is 2.67 bits per heavy atom. The van der Waals surface area contributed by atoms with Gasteiger partial charge in [0.2, 0.25) is 5.91 Å². The number of benzene rings is 1. The number of rotatable bonds is 5. The van der Waals surface area contributed by atoms with Crippen molar-refractivity contribution in [1.82, 2.24) is 4.90 Å². The molecule has 0 aliphatic carbocycles. The molecule has 3 N–H and O–H groups in total. The summed E-state index contributed by atoms with van der Waals surface area (Å²) < 4.78 is 5.99. The van der Waals surface area contributed by atoms with Crippen LogP contribution in [0.25, 0.3) is 0 Å². The Labute approximate surface area is 178 Å². The summed E-state index contributed by atoms with van der Waals surface area (Å²) in [6, 6.07) is 8.96. The van der Waals surface area contributed by atoms with Gasteiger partial charge in [0.1, 0.15) is 10.8 Å². The molecular weight excluding hydrogens is 404 g/mol. The summed E-state index contributed by atoms with van der Waals surface area (Å²) in [6.07, 6.45) is 2.49. The summed E-state index contributed by atoms with van der Waals surface area (Å²) in [5.41, 5.74) is 6.40. The molecule has 4 rings (SSSR count). The van der Waals surface area contributed by atoms with E-state index >= 15 is 0 Å². The van der Waals surface area contributed by atoms with Crippen LogP contribution in [0, 0.1) is 0 Å². The molecule has 0 radical (unpaired) electrons. The molecule has 1 aromatic carbocycles. The lowest BCUT2D eigenvalue weighted by atomic mass is 10.1. The van der Waals surface area contributed by atoms with Crippen LogP contribution in [-0.2, 0) is 9.59 Å². The molecule has 1 atom stereocenters. The number of amides is 3. The van der Waals surface area contributed by atoms with Gasteiger partial charge < -0.3 is 25.6 Å². The standard InChI is InChI=1S/C21H24N4O4S/c22-19(27)14-8-11-30-20(14)23-18(26)13-25-12-17(21(28)24-9-4-1-5-10-24)29-16-7-3-2-6-15(16)25/h2-3,6-8,11,17H,1,4-5,9-10,12-13H2,(H2,22,27)(H,23,26). The number of carbonyl (C=O) groups excluding carboxylic acids is 3. The maximum absolute atomic E-state index is 13.0. The number of nitrogens with one attached hydrogen (secondary N) is 1. The van der Waals surface area contributed by atoms with Crippen molar-refractivity contribution in [3.63, 3.8) is 0 Å². The predicted octanol–water partition coefficient (Wildman–Crippen LogP) is 2.07. The molecule has 158 valence electrons. The van der Waals surface area contributed by atoms with E-state index in [1.54, 1.807) is 17.5 Å². The number of carbonyl (C=O) groups is 3. The number of piperidine rings is 1. The number of ether oxygens (including phenoxy) is 1. The Kier molecular flexibility index (Phi) is 5.89. The fourth-order valence-electron chi connectivity index (χ4n) is 3.84. The highest BCUT2D eigenvalue weighted by molar-refractivity contribution is 7.14. The van der Waals surface area contributed by atoms with E-state index in [1.165, 1.54) is 11.3 Å². The van der Waals surface area contributed by atoms with E-state index in [2.05, 4.69) is 5.32 Å². The maximum Gasteiger partial charge on any atom is 0.265 e. The number of thiophene rings is 1. The van der Waals surface area contributed by atoms with Gasteiger partial charge in [-0.25, -0.2) is 0 Å². The van der Waals surface area contributed by atoms with Crippen LogP contribution in [0.15, 0.2) is 35.7 Å². The lowest BCUT2D eigenvalue weighted by Crippen LogP contribution is -2.52. The van der Waals surface area contributed by atoms with E-state index in [1.807, 2.05) is 28.0 Å². The lowest BCUT2D eigenvalue weighted by molar-refractivity contribution is -0.139. The molecule has 1 saturated heterocycles.